The fourth-order valence-corrected chi connectivity index (χ4v) is 2.20. The fourth-order valence-electron chi connectivity index (χ4n) is 2.20. The second kappa shape index (κ2) is 6.10. The number of carboxylic acid groups (broad SMARTS) is 2. The van der Waals surface area contributed by atoms with Crippen molar-refractivity contribution in [2.45, 2.75) is 0 Å². The molecule has 2 rings (SSSR count). The van der Waals surface area contributed by atoms with Gasteiger partial charge in [-0.15, -0.1) is 0 Å². The summed E-state index contributed by atoms with van der Waals surface area (Å²) in [7, 11) is 0. The lowest BCUT2D eigenvalue weighted by atomic mass is 9.92. The molecule has 2 N–H and O–H groups in total. The van der Waals surface area contributed by atoms with Gasteiger partial charge in [-0.1, -0.05) is 37.4 Å². The van der Waals surface area contributed by atoms with Crippen molar-refractivity contribution in [2.24, 2.45) is 0 Å². The van der Waals surface area contributed by atoms with Crippen LogP contribution in [0.5, 0.6) is 0 Å². The lowest BCUT2D eigenvalue weighted by Crippen LogP contribution is -2.00. The zero-order chi connectivity index (χ0) is 16.3. The summed E-state index contributed by atoms with van der Waals surface area (Å²) in [5, 5.41) is 18.3. The Morgan fingerprint density at radius 3 is 1.41 bits per heavy atom. The first-order valence-corrected chi connectivity index (χ1v) is 6.48. The molecule has 4 heteroatoms. The van der Waals surface area contributed by atoms with Gasteiger partial charge in [0.2, 0.25) is 0 Å². The van der Waals surface area contributed by atoms with Crippen LogP contribution >= 0.6 is 0 Å². The van der Waals surface area contributed by atoms with Crippen molar-refractivity contribution in [2.75, 3.05) is 0 Å². The van der Waals surface area contributed by atoms with Gasteiger partial charge >= 0.3 is 11.9 Å². The lowest BCUT2D eigenvalue weighted by molar-refractivity contribution is 0.0686. The molecular formula is C18H14O4. The zero-order valence-corrected chi connectivity index (χ0v) is 11.7. The number of hydrogen-bond acceptors (Lipinski definition) is 2. The molecule has 0 aliphatic carbocycles. The summed E-state index contributed by atoms with van der Waals surface area (Å²) < 4.78 is 0. The molecule has 0 aliphatic heterocycles. The molecule has 22 heavy (non-hydrogen) atoms. The van der Waals surface area contributed by atoms with Crippen LogP contribution in [0.2, 0.25) is 0 Å². The van der Waals surface area contributed by atoms with Gasteiger partial charge in [0.05, 0.1) is 11.1 Å². The van der Waals surface area contributed by atoms with Crippen molar-refractivity contribution in [1.82, 2.24) is 0 Å². The van der Waals surface area contributed by atoms with Crippen LogP contribution in [-0.4, -0.2) is 22.2 Å². The van der Waals surface area contributed by atoms with Crippen LogP contribution in [-0.2, 0) is 0 Å². The Kier molecular flexibility index (Phi) is 4.23. The van der Waals surface area contributed by atoms with Gasteiger partial charge in [-0.3, -0.25) is 0 Å². The molecule has 0 unspecified atom stereocenters. The minimum absolute atomic E-state index is 0.122. The third-order valence-electron chi connectivity index (χ3n) is 3.33. The number of benzene rings is 2. The van der Waals surface area contributed by atoms with E-state index in [-0.39, 0.29) is 11.1 Å². The number of carboxylic acids is 2. The van der Waals surface area contributed by atoms with E-state index in [4.69, 9.17) is 10.2 Å². The van der Waals surface area contributed by atoms with E-state index in [9.17, 15) is 9.59 Å². The molecule has 2 aromatic rings. The van der Waals surface area contributed by atoms with Gasteiger partial charge in [0, 0.05) is 0 Å². The second-order valence-electron chi connectivity index (χ2n) is 4.62. The van der Waals surface area contributed by atoms with Crippen LogP contribution < -0.4 is 0 Å². The molecule has 110 valence electrons. The van der Waals surface area contributed by atoms with Crippen molar-refractivity contribution in [3.8, 4) is 11.1 Å². The third kappa shape index (κ3) is 2.81. The zero-order valence-electron chi connectivity index (χ0n) is 11.7. The van der Waals surface area contributed by atoms with Crippen LogP contribution in [0.3, 0.4) is 0 Å². The Labute approximate surface area is 127 Å². The molecule has 0 spiro atoms. The van der Waals surface area contributed by atoms with E-state index in [1.54, 1.807) is 24.3 Å². The van der Waals surface area contributed by atoms with Gasteiger partial charge in [0.15, 0.2) is 0 Å². The van der Waals surface area contributed by atoms with Gasteiger partial charge in [0.1, 0.15) is 0 Å². The molecule has 2 aromatic carbocycles. The van der Waals surface area contributed by atoms with Crippen LogP contribution in [0.4, 0.5) is 0 Å². The second-order valence-corrected chi connectivity index (χ2v) is 4.62. The monoisotopic (exact) mass is 294 g/mol. The molecule has 0 amide bonds. The molecule has 4 nitrogen and oxygen atoms in total. The van der Waals surface area contributed by atoms with Gasteiger partial charge in [-0.25, -0.2) is 9.59 Å². The molecule has 0 atom stereocenters. The average Bonchev–Trinajstić information content (AvgIpc) is 2.53. The van der Waals surface area contributed by atoms with E-state index < -0.39 is 11.9 Å². The minimum atomic E-state index is -1.05. The van der Waals surface area contributed by atoms with E-state index >= 15 is 0 Å². The number of aromatic carboxylic acids is 2. The smallest absolute Gasteiger partial charge is 0.335 e. The number of rotatable bonds is 5. The number of carbonyl (C=O) groups is 2. The van der Waals surface area contributed by atoms with Gasteiger partial charge in [-0.05, 0) is 46.5 Å². The Balaban J connectivity index is 2.78. The Morgan fingerprint density at radius 1 is 0.773 bits per heavy atom. The maximum Gasteiger partial charge on any atom is 0.335 e. The summed E-state index contributed by atoms with van der Waals surface area (Å²) in [5.41, 5.74) is 2.89. The maximum absolute atomic E-state index is 11.2. The first kappa shape index (κ1) is 15.3. The highest BCUT2D eigenvalue weighted by molar-refractivity contribution is 5.94. The molecule has 0 heterocycles. The third-order valence-corrected chi connectivity index (χ3v) is 3.33. The molecule has 0 aliphatic rings. The summed E-state index contributed by atoms with van der Waals surface area (Å²) in [6.07, 6.45) is 3.20. The molecule has 0 aromatic heterocycles. The minimum Gasteiger partial charge on any atom is -0.478 e. The summed E-state index contributed by atoms with van der Waals surface area (Å²) in [5.74, 6) is -2.10. The number of hydrogen-bond donors (Lipinski definition) is 2. The van der Waals surface area contributed by atoms with Crippen molar-refractivity contribution in [1.29, 1.82) is 0 Å². The lowest BCUT2D eigenvalue weighted by Gasteiger charge is -2.12. The molecule has 0 bridgehead atoms. The van der Waals surface area contributed by atoms with Crippen LogP contribution in [0.15, 0.2) is 49.6 Å². The predicted molar refractivity (Wildman–Crippen MR) is 86.0 cm³/mol. The van der Waals surface area contributed by atoms with E-state index in [2.05, 4.69) is 13.2 Å². The Hall–Kier alpha value is -3.14. The van der Waals surface area contributed by atoms with E-state index in [0.29, 0.717) is 11.1 Å². The fraction of sp³-hybridized carbons (Fsp3) is 0. The molecule has 0 saturated carbocycles. The Morgan fingerprint density at radius 2 is 1.14 bits per heavy atom. The summed E-state index contributed by atoms with van der Waals surface area (Å²) >= 11 is 0. The van der Waals surface area contributed by atoms with Crippen LogP contribution in [0.1, 0.15) is 31.8 Å². The van der Waals surface area contributed by atoms with Gasteiger partial charge in [0.25, 0.3) is 0 Å². The SMILES string of the molecule is C=Cc1ccc(C(=O)O)cc1-c1cc(C(=O)O)ccc1C=C. The predicted octanol–water partition coefficient (Wildman–Crippen LogP) is 4.04. The molecule has 0 saturated heterocycles. The van der Waals surface area contributed by atoms with E-state index in [1.165, 1.54) is 24.3 Å². The Bertz CT molecular complexity index is 720. The average molecular weight is 294 g/mol. The van der Waals surface area contributed by atoms with Crippen molar-refractivity contribution < 1.29 is 19.8 Å². The maximum atomic E-state index is 11.2. The quantitative estimate of drug-likeness (QED) is 0.872. The highest BCUT2D eigenvalue weighted by Gasteiger charge is 2.13. The van der Waals surface area contributed by atoms with E-state index in [1.807, 2.05) is 0 Å². The molecule has 0 radical (unpaired) electrons. The van der Waals surface area contributed by atoms with Gasteiger partial charge < -0.3 is 10.2 Å². The van der Waals surface area contributed by atoms with Crippen LogP contribution in [0, 0.1) is 0 Å². The van der Waals surface area contributed by atoms with E-state index in [0.717, 1.165) is 11.1 Å². The summed E-state index contributed by atoms with van der Waals surface area (Å²) in [6, 6.07) is 9.27. The normalized spacial score (nSPS) is 10.0. The first-order chi connectivity index (χ1) is 10.5. The molecular weight excluding hydrogens is 280 g/mol. The van der Waals surface area contributed by atoms with Gasteiger partial charge in [-0.2, -0.15) is 0 Å². The highest BCUT2D eigenvalue weighted by Crippen LogP contribution is 2.31. The molecule has 0 fully saturated rings. The summed E-state index contributed by atoms with van der Waals surface area (Å²) in [6.45, 7) is 7.43. The van der Waals surface area contributed by atoms with Crippen LogP contribution in [0.25, 0.3) is 23.3 Å². The van der Waals surface area contributed by atoms with Crippen molar-refractivity contribution in [3.63, 3.8) is 0 Å². The largest absolute Gasteiger partial charge is 0.478 e. The standard InChI is InChI=1S/C18H14O4/c1-3-11-5-7-13(17(19)20)9-15(11)16-10-14(18(21)22)8-6-12(16)4-2/h3-10H,1-2H2,(H,19,20)(H,21,22). The van der Waals surface area contributed by atoms with Crippen molar-refractivity contribution >= 4 is 24.1 Å². The first-order valence-electron chi connectivity index (χ1n) is 6.48. The highest BCUT2D eigenvalue weighted by atomic mass is 16.4. The summed E-state index contributed by atoms with van der Waals surface area (Å²) in [4.78, 5) is 22.3. The topological polar surface area (TPSA) is 74.6 Å². The van der Waals surface area contributed by atoms with Crippen molar-refractivity contribution in [3.05, 3.63) is 71.8 Å².